The molecule has 0 unspecified atom stereocenters. The molecule has 11 nitrogen and oxygen atoms in total. The number of carbonyl (C=O) groups excluding carboxylic acids is 4. The van der Waals surface area contributed by atoms with E-state index < -0.39 is 34.5 Å². The van der Waals surface area contributed by atoms with Gasteiger partial charge in [-0.3, -0.25) is 29.4 Å². The van der Waals surface area contributed by atoms with Gasteiger partial charge >= 0.3 is 5.97 Å². The van der Waals surface area contributed by atoms with Crippen LogP contribution in [-0.2, 0) is 20.9 Å². The molecule has 3 aromatic carbocycles. The number of amides is 3. The molecule has 0 saturated carbocycles. The monoisotopic (exact) mass is 595 g/mol. The van der Waals surface area contributed by atoms with Crippen molar-refractivity contribution in [3.05, 3.63) is 103 Å². The fraction of sp³-hybridized carbons (Fsp3) is 0.143. The molecule has 3 aromatic rings. The third kappa shape index (κ3) is 7.50. The fourth-order valence-electron chi connectivity index (χ4n) is 3.67. The molecule has 0 aromatic heterocycles. The van der Waals surface area contributed by atoms with Crippen LogP contribution in [0.5, 0.6) is 5.75 Å². The average Bonchev–Trinajstić information content (AvgIpc) is 3.20. The Labute approximate surface area is 243 Å². The van der Waals surface area contributed by atoms with Crippen LogP contribution in [0.25, 0.3) is 6.08 Å². The lowest BCUT2D eigenvalue weighted by Gasteiger charge is -2.13. The molecule has 0 spiro atoms. The third-order valence-corrected chi connectivity index (χ3v) is 6.87. The molecule has 1 N–H and O–H groups in total. The van der Waals surface area contributed by atoms with Crippen LogP contribution in [0.3, 0.4) is 0 Å². The number of carbonyl (C=O) groups is 4. The van der Waals surface area contributed by atoms with Crippen molar-refractivity contribution in [1.82, 2.24) is 4.90 Å². The molecule has 1 heterocycles. The van der Waals surface area contributed by atoms with Crippen LogP contribution in [0, 0.1) is 10.1 Å². The number of hydrogen-bond donors (Lipinski definition) is 1. The van der Waals surface area contributed by atoms with E-state index in [4.69, 9.17) is 21.1 Å². The van der Waals surface area contributed by atoms with Crippen molar-refractivity contribution in [2.24, 2.45) is 0 Å². The summed E-state index contributed by atoms with van der Waals surface area (Å²) in [5.41, 5.74) is 1.62. The highest BCUT2D eigenvalue weighted by atomic mass is 35.5. The Bertz CT molecular complexity index is 1560. The fourth-order valence-corrected chi connectivity index (χ4v) is 4.71. The molecular weight excluding hydrogens is 574 g/mol. The Hall–Kier alpha value is -4.68. The first kappa shape index (κ1) is 29.3. The van der Waals surface area contributed by atoms with Gasteiger partial charge in [0.15, 0.2) is 0 Å². The van der Waals surface area contributed by atoms with Crippen LogP contribution in [0.1, 0.15) is 28.4 Å². The maximum atomic E-state index is 12.9. The lowest BCUT2D eigenvalue weighted by Crippen LogP contribution is -2.36. The van der Waals surface area contributed by atoms with E-state index in [2.05, 4.69) is 5.32 Å². The Kier molecular flexibility index (Phi) is 9.37. The molecule has 1 aliphatic heterocycles. The zero-order valence-electron chi connectivity index (χ0n) is 21.5. The van der Waals surface area contributed by atoms with Crippen molar-refractivity contribution in [3.63, 3.8) is 0 Å². The molecule has 4 rings (SSSR count). The highest BCUT2D eigenvalue weighted by Gasteiger charge is 2.36. The van der Waals surface area contributed by atoms with Gasteiger partial charge in [0.1, 0.15) is 18.9 Å². The predicted octanol–water partition coefficient (Wildman–Crippen LogP) is 5.68. The number of halogens is 1. The SMILES string of the molecule is CCOC(=O)c1cc(NC(=O)CN2C(=O)S/C(=C/c3cccc(OCc4ccc([N+](=O)[O-])cc4)c3)C2=O)ccc1Cl. The number of imide groups is 1. The van der Waals surface area contributed by atoms with Crippen molar-refractivity contribution in [2.75, 3.05) is 18.5 Å². The molecule has 0 aliphatic carbocycles. The standard InChI is InChI=1S/C28H22ClN3O8S/c1-2-39-27(35)22-14-19(8-11-23(22)29)30-25(33)15-31-26(34)24(41-28(31)36)13-18-4-3-5-21(12-18)40-16-17-6-9-20(10-7-17)32(37)38/h3-14H,2,15-16H2,1H3,(H,30,33)/b24-13+. The van der Waals surface area contributed by atoms with Gasteiger partial charge in [-0.25, -0.2) is 4.79 Å². The van der Waals surface area contributed by atoms with E-state index in [-0.39, 0.29) is 40.1 Å². The van der Waals surface area contributed by atoms with E-state index >= 15 is 0 Å². The highest BCUT2D eigenvalue weighted by Crippen LogP contribution is 2.33. The smallest absolute Gasteiger partial charge is 0.339 e. The predicted molar refractivity (Wildman–Crippen MR) is 153 cm³/mol. The Morgan fingerprint density at radius 1 is 1.10 bits per heavy atom. The minimum atomic E-state index is -0.648. The number of nitro benzene ring substituents is 1. The first-order chi connectivity index (χ1) is 19.6. The molecule has 3 amide bonds. The summed E-state index contributed by atoms with van der Waals surface area (Å²) in [6, 6.07) is 17.1. The maximum absolute atomic E-state index is 12.9. The third-order valence-electron chi connectivity index (χ3n) is 5.63. The zero-order chi connectivity index (χ0) is 29.5. The second kappa shape index (κ2) is 13.1. The second-order valence-electron chi connectivity index (χ2n) is 8.52. The Balaban J connectivity index is 1.38. The number of anilines is 1. The summed E-state index contributed by atoms with van der Waals surface area (Å²) in [4.78, 5) is 61.4. The van der Waals surface area contributed by atoms with Gasteiger partial charge in [-0.2, -0.15) is 0 Å². The maximum Gasteiger partial charge on any atom is 0.339 e. The van der Waals surface area contributed by atoms with Gasteiger partial charge < -0.3 is 14.8 Å². The molecule has 0 bridgehead atoms. The van der Waals surface area contributed by atoms with Crippen molar-refractivity contribution in [3.8, 4) is 5.75 Å². The van der Waals surface area contributed by atoms with Crippen molar-refractivity contribution >= 4 is 63.8 Å². The van der Waals surface area contributed by atoms with Crippen LogP contribution in [0.4, 0.5) is 16.2 Å². The minimum absolute atomic E-state index is 0.0182. The van der Waals surface area contributed by atoms with E-state index in [9.17, 15) is 29.3 Å². The van der Waals surface area contributed by atoms with Gasteiger partial charge in [0.2, 0.25) is 5.91 Å². The molecule has 0 radical (unpaired) electrons. The molecule has 210 valence electrons. The first-order valence-corrected chi connectivity index (χ1v) is 13.3. The molecule has 1 saturated heterocycles. The number of nitro groups is 1. The van der Waals surface area contributed by atoms with Crippen molar-refractivity contribution in [2.45, 2.75) is 13.5 Å². The van der Waals surface area contributed by atoms with Gasteiger partial charge in [-0.05, 0) is 78.4 Å². The van der Waals surface area contributed by atoms with Crippen molar-refractivity contribution < 1.29 is 33.6 Å². The van der Waals surface area contributed by atoms with E-state index in [1.54, 1.807) is 43.3 Å². The van der Waals surface area contributed by atoms with Gasteiger partial charge in [0, 0.05) is 17.8 Å². The van der Waals surface area contributed by atoms with E-state index in [0.717, 1.165) is 10.5 Å². The van der Waals surface area contributed by atoms with Gasteiger partial charge in [0.05, 0.1) is 27.0 Å². The molecule has 1 aliphatic rings. The van der Waals surface area contributed by atoms with Crippen LogP contribution >= 0.6 is 23.4 Å². The summed E-state index contributed by atoms with van der Waals surface area (Å²) in [5.74, 6) is -1.44. The lowest BCUT2D eigenvalue weighted by molar-refractivity contribution is -0.384. The number of ether oxygens (including phenoxy) is 2. The summed E-state index contributed by atoms with van der Waals surface area (Å²) in [6.07, 6.45) is 1.52. The molecular formula is C28H22ClN3O8S. The van der Waals surface area contributed by atoms with E-state index in [1.165, 1.54) is 36.4 Å². The first-order valence-electron chi connectivity index (χ1n) is 12.1. The number of esters is 1. The summed E-state index contributed by atoms with van der Waals surface area (Å²) in [6.45, 7) is 1.44. The summed E-state index contributed by atoms with van der Waals surface area (Å²) < 4.78 is 10.7. The number of thioether (sulfide) groups is 1. The van der Waals surface area contributed by atoms with Gasteiger partial charge in [-0.15, -0.1) is 0 Å². The Morgan fingerprint density at radius 2 is 1.85 bits per heavy atom. The number of non-ortho nitro benzene ring substituents is 1. The summed E-state index contributed by atoms with van der Waals surface area (Å²) in [7, 11) is 0. The number of hydrogen-bond acceptors (Lipinski definition) is 9. The van der Waals surface area contributed by atoms with E-state index in [1.807, 2.05) is 0 Å². The number of nitrogens with one attached hydrogen (secondary N) is 1. The largest absolute Gasteiger partial charge is 0.489 e. The van der Waals surface area contributed by atoms with E-state index in [0.29, 0.717) is 23.1 Å². The number of benzene rings is 3. The minimum Gasteiger partial charge on any atom is -0.489 e. The lowest BCUT2D eigenvalue weighted by atomic mass is 10.2. The van der Waals surface area contributed by atoms with Crippen LogP contribution in [0.15, 0.2) is 71.6 Å². The molecule has 1 fully saturated rings. The van der Waals surface area contributed by atoms with Gasteiger partial charge in [-0.1, -0.05) is 23.7 Å². The zero-order valence-corrected chi connectivity index (χ0v) is 23.1. The van der Waals surface area contributed by atoms with Crippen LogP contribution in [0.2, 0.25) is 5.02 Å². The van der Waals surface area contributed by atoms with Crippen molar-refractivity contribution in [1.29, 1.82) is 0 Å². The van der Waals surface area contributed by atoms with Crippen LogP contribution in [-0.4, -0.2) is 46.0 Å². The second-order valence-corrected chi connectivity index (χ2v) is 9.92. The quantitative estimate of drug-likeness (QED) is 0.135. The number of nitrogens with zero attached hydrogens (tertiary/aromatic N) is 2. The van der Waals surface area contributed by atoms with Gasteiger partial charge in [0.25, 0.3) is 16.8 Å². The number of rotatable bonds is 10. The topological polar surface area (TPSA) is 145 Å². The molecule has 0 atom stereocenters. The summed E-state index contributed by atoms with van der Waals surface area (Å²) in [5, 5.41) is 12.9. The highest BCUT2D eigenvalue weighted by molar-refractivity contribution is 8.18. The molecule has 41 heavy (non-hydrogen) atoms. The average molecular weight is 596 g/mol. The normalized spacial score (nSPS) is 13.8. The Morgan fingerprint density at radius 3 is 2.56 bits per heavy atom. The molecule has 13 heteroatoms. The summed E-state index contributed by atoms with van der Waals surface area (Å²) >= 11 is 6.75. The van der Waals surface area contributed by atoms with Crippen LogP contribution < -0.4 is 10.1 Å².